The number of benzene rings is 3. The van der Waals surface area contributed by atoms with Gasteiger partial charge in [0.25, 0.3) is 11.8 Å². The van der Waals surface area contributed by atoms with E-state index in [1.165, 1.54) is 12.0 Å². The fraction of sp³-hybridized carbons (Fsp3) is 0.258. The first kappa shape index (κ1) is 28.3. The molecule has 1 aliphatic heterocycles. The van der Waals surface area contributed by atoms with Crippen molar-refractivity contribution in [2.75, 3.05) is 33.4 Å². The van der Waals surface area contributed by atoms with E-state index in [1.807, 2.05) is 43.3 Å². The van der Waals surface area contributed by atoms with E-state index in [2.05, 4.69) is 10.6 Å². The number of nitrogens with zero attached hydrogens (tertiary/aromatic N) is 4. The number of carbonyl (C=O) groups excluding carboxylic acids is 3. The molecule has 2 heterocycles. The van der Waals surface area contributed by atoms with Crippen molar-refractivity contribution < 1.29 is 23.9 Å². The Kier molecular flexibility index (Phi) is 8.76. The molecule has 3 aromatic carbocycles. The van der Waals surface area contributed by atoms with E-state index in [0.717, 1.165) is 5.56 Å². The molecule has 2 N–H and O–H groups in total. The number of methoxy groups -OCH3 is 1. The Morgan fingerprint density at radius 2 is 1.71 bits per heavy atom. The van der Waals surface area contributed by atoms with Crippen molar-refractivity contribution in [1.29, 1.82) is 0 Å². The van der Waals surface area contributed by atoms with Gasteiger partial charge in [0, 0.05) is 29.8 Å². The molecule has 216 valence electrons. The first-order valence-corrected chi connectivity index (χ1v) is 13.7. The Labute approximate surface area is 243 Å². The zero-order chi connectivity index (χ0) is 29.5. The van der Waals surface area contributed by atoms with Gasteiger partial charge in [0.1, 0.15) is 12.4 Å². The van der Waals surface area contributed by atoms with Gasteiger partial charge in [-0.2, -0.15) is 5.10 Å². The first-order valence-electron chi connectivity index (χ1n) is 13.7. The molecule has 2 bridgehead atoms. The number of fused-ring (bicyclic) bond motifs is 3. The topological polar surface area (TPSA) is 128 Å². The normalized spacial score (nSPS) is 16.3. The lowest BCUT2D eigenvalue weighted by Crippen LogP contribution is -2.45. The van der Waals surface area contributed by atoms with Crippen molar-refractivity contribution in [3.05, 3.63) is 95.8 Å². The zero-order valence-corrected chi connectivity index (χ0v) is 23.4. The molecular weight excluding hydrogens is 536 g/mol. The summed E-state index contributed by atoms with van der Waals surface area (Å²) in [6, 6.07) is 22.7. The number of nitrogens with one attached hydrogen (secondary N) is 2. The molecule has 1 aliphatic rings. The standard InChI is InChI=1S/C31H32N6O5/c1-21-29-34-28(22-9-5-3-6-10-22)35-37(29)17-18-42-26-19-24(13-14-25(26)41-2)30(39)32-15-16-36(20-27(38)33-21)31(40)23-11-7-4-8-12-23/h3-14,19,21H,15-18,20H2,1-2H3,(H,32,39)(H,33,38)/t21-/m1/s1. The number of hydrogen-bond donors (Lipinski definition) is 2. The maximum atomic E-state index is 13.3. The minimum Gasteiger partial charge on any atom is -0.493 e. The summed E-state index contributed by atoms with van der Waals surface area (Å²) < 4.78 is 13.2. The summed E-state index contributed by atoms with van der Waals surface area (Å²) in [4.78, 5) is 45.7. The van der Waals surface area contributed by atoms with Crippen LogP contribution in [0.25, 0.3) is 11.4 Å². The Hall–Kier alpha value is -5.19. The predicted octanol–water partition coefficient (Wildman–Crippen LogP) is 3.10. The van der Waals surface area contributed by atoms with Gasteiger partial charge in [-0.1, -0.05) is 48.5 Å². The van der Waals surface area contributed by atoms with Gasteiger partial charge in [-0.05, 0) is 37.3 Å². The van der Waals surface area contributed by atoms with Crippen LogP contribution in [0.3, 0.4) is 0 Å². The Morgan fingerprint density at radius 3 is 2.45 bits per heavy atom. The van der Waals surface area contributed by atoms with Gasteiger partial charge < -0.3 is 25.0 Å². The second-order valence-electron chi connectivity index (χ2n) is 9.73. The van der Waals surface area contributed by atoms with Gasteiger partial charge in [-0.3, -0.25) is 14.4 Å². The van der Waals surface area contributed by atoms with Gasteiger partial charge in [-0.25, -0.2) is 9.67 Å². The van der Waals surface area contributed by atoms with Crippen LogP contribution in [0, 0.1) is 0 Å². The molecule has 1 atom stereocenters. The van der Waals surface area contributed by atoms with Crippen LogP contribution < -0.4 is 20.1 Å². The van der Waals surface area contributed by atoms with Crippen LogP contribution in [0.15, 0.2) is 78.9 Å². The lowest BCUT2D eigenvalue weighted by molar-refractivity contribution is -0.122. The highest BCUT2D eigenvalue weighted by molar-refractivity contribution is 5.97. The molecule has 0 saturated heterocycles. The average Bonchev–Trinajstić information content (AvgIpc) is 3.45. The van der Waals surface area contributed by atoms with Gasteiger partial charge in [-0.15, -0.1) is 0 Å². The number of amides is 3. The molecule has 11 heteroatoms. The molecule has 4 aromatic rings. The lowest BCUT2D eigenvalue weighted by atomic mass is 10.2. The van der Waals surface area contributed by atoms with Crippen LogP contribution in [0.4, 0.5) is 0 Å². The summed E-state index contributed by atoms with van der Waals surface area (Å²) in [5.74, 6) is 0.899. The molecule has 42 heavy (non-hydrogen) atoms. The number of ether oxygens (including phenoxy) is 2. The Bertz CT molecular complexity index is 1560. The van der Waals surface area contributed by atoms with E-state index in [0.29, 0.717) is 40.8 Å². The van der Waals surface area contributed by atoms with E-state index in [1.54, 1.807) is 47.1 Å². The first-order chi connectivity index (χ1) is 20.4. The number of carbonyl (C=O) groups is 3. The second-order valence-corrected chi connectivity index (χ2v) is 9.73. The Morgan fingerprint density at radius 1 is 0.976 bits per heavy atom. The number of rotatable bonds is 3. The average molecular weight is 569 g/mol. The lowest BCUT2D eigenvalue weighted by Gasteiger charge is -2.23. The fourth-order valence-electron chi connectivity index (χ4n) is 4.67. The summed E-state index contributed by atoms with van der Waals surface area (Å²) in [6.45, 7) is 2.38. The molecule has 0 aliphatic carbocycles. The van der Waals surface area contributed by atoms with Crippen molar-refractivity contribution in [2.24, 2.45) is 0 Å². The van der Waals surface area contributed by atoms with Crippen LogP contribution in [-0.4, -0.2) is 70.7 Å². The third-order valence-corrected chi connectivity index (χ3v) is 6.79. The molecule has 0 unspecified atom stereocenters. The molecule has 11 nitrogen and oxygen atoms in total. The predicted molar refractivity (Wildman–Crippen MR) is 155 cm³/mol. The summed E-state index contributed by atoms with van der Waals surface area (Å²) in [7, 11) is 1.53. The fourth-order valence-corrected chi connectivity index (χ4v) is 4.67. The molecule has 3 amide bonds. The summed E-state index contributed by atoms with van der Waals surface area (Å²) in [5, 5.41) is 10.5. The molecule has 0 radical (unpaired) electrons. The van der Waals surface area contributed by atoms with Crippen LogP contribution in [0.1, 0.15) is 39.5 Å². The van der Waals surface area contributed by atoms with Crippen molar-refractivity contribution in [1.82, 2.24) is 30.3 Å². The quantitative estimate of drug-likeness (QED) is 0.389. The number of aromatic nitrogens is 3. The minimum atomic E-state index is -0.524. The highest BCUT2D eigenvalue weighted by atomic mass is 16.5. The molecule has 5 rings (SSSR count). The van der Waals surface area contributed by atoms with Gasteiger partial charge in [0.2, 0.25) is 5.91 Å². The third kappa shape index (κ3) is 6.57. The SMILES string of the molecule is COc1ccc2cc1OCCn1nc(-c3ccccc3)nc1[C@@H](C)NC(=O)CN(C(=O)c1ccccc1)CCNC2=O. The summed E-state index contributed by atoms with van der Waals surface area (Å²) >= 11 is 0. The van der Waals surface area contributed by atoms with E-state index in [4.69, 9.17) is 19.6 Å². The van der Waals surface area contributed by atoms with Crippen LogP contribution in [0.5, 0.6) is 11.5 Å². The Balaban J connectivity index is 1.48. The van der Waals surface area contributed by atoms with E-state index < -0.39 is 6.04 Å². The molecule has 0 saturated carbocycles. The maximum absolute atomic E-state index is 13.3. The van der Waals surface area contributed by atoms with Crippen molar-refractivity contribution in [3.8, 4) is 22.9 Å². The van der Waals surface area contributed by atoms with E-state index in [9.17, 15) is 14.4 Å². The largest absolute Gasteiger partial charge is 0.493 e. The highest BCUT2D eigenvalue weighted by Crippen LogP contribution is 2.28. The minimum absolute atomic E-state index is 0.120. The molecule has 0 fully saturated rings. The van der Waals surface area contributed by atoms with Crippen LogP contribution in [-0.2, 0) is 11.3 Å². The smallest absolute Gasteiger partial charge is 0.254 e. The highest BCUT2D eigenvalue weighted by Gasteiger charge is 2.24. The van der Waals surface area contributed by atoms with Crippen LogP contribution in [0.2, 0.25) is 0 Å². The van der Waals surface area contributed by atoms with Gasteiger partial charge >= 0.3 is 0 Å². The third-order valence-electron chi connectivity index (χ3n) is 6.79. The van der Waals surface area contributed by atoms with Crippen molar-refractivity contribution in [3.63, 3.8) is 0 Å². The molecule has 0 spiro atoms. The second kappa shape index (κ2) is 13.0. The van der Waals surface area contributed by atoms with Crippen molar-refractivity contribution >= 4 is 17.7 Å². The van der Waals surface area contributed by atoms with Gasteiger partial charge in [0.15, 0.2) is 17.3 Å². The maximum Gasteiger partial charge on any atom is 0.254 e. The van der Waals surface area contributed by atoms with E-state index >= 15 is 0 Å². The van der Waals surface area contributed by atoms with E-state index in [-0.39, 0.29) is 44.0 Å². The molecular formula is C31H32N6O5. The summed E-state index contributed by atoms with van der Waals surface area (Å²) in [5.41, 5.74) is 1.65. The summed E-state index contributed by atoms with van der Waals surface area (Å²) in [6.07, 6.45) is 0. The molecule has 1 aromatic heterocycles. The monoisotopic (exact) mass is 568 g/mol. The number of hydrogen-bond acceptors (Lipinski definition) is 7. The zero-order valence-electron chi connectivity index (χ0n) is 23.4. The van der Waals surface area contributed by atoms with Crippen LogP contribution >= 0.6 is 0 Å². The van der Waals surface area contributed by atoms with Gasteiger partial charge in [0.05, 0.1) is 26.2 Å². The van der Waals surface area contributed by atoms with Crippen molar-refractivity contribution in [2.45, 2.75) is 19.5 Å².